The zero-order valence-corrected chi connectivity index (χ0v) is 12.5. The molecule has 0 aliphatic heterocycles. The molecule has 2 aromatic carbocycles. The van der Waals surface area contributed by atoms with Crippen molar-refractivity contribution in [3.05, 3.63) is 62.1 Å². The number of nitro benzene ring substituents is 1. The maximum atomic E-state index is 11.5. The average molecular weight is 335 g/mol. The minimum absolute atomic E-state index is 0.0738. The van der Waals surface area contributed by atoms with Crippen molar-refractivity contribution in [3.63, 3.8) is 0 Å². The van der Waals surface area contributed by atoms with Gasteiger partial charge in [0.15, 0.2) is 6.29 Å². The van der Waals surface area contributed by atoms with E-state index in [1.165, 1.54) is 12.1 Å². The summed E-state index contributed by atoms with van der Waals surface area (Å²) >= 11 is 11.9. The first-order chi connectivity index (χ1) is 10.5. The number of rotatable bonds is 3. The van der Waals surface area contributed by atoms with E-state index >= 15 is 0 Å². The van der Waals surface area contributed by atoms with Gasteiger partial charge in [-0.2, -0.15) is 0 Å². The Labute approximate surface area is 134 Å². The maximum Gasteiger partial charge on any atom is 0.270 e. The first-order valence-corrected chi connectivity index (χ1v) is 6.97. The predicted molar refractivity (Wildman–Crippen MR) is 85.8 cm³/mol. The van der Waals surface area contributed by atoms with E-state index in [1.807, 2.05) is 0 Å². The second-order valence-corrected chi connectivity index (χ2v) is 5.46. The van der Waals surface area contributed by atoms with Gasteiger partial charge in [-0.15, -0.1) is 0 Å². The zero-order chi connectivity index (χ0) is 15.9. The number of nitrogens with one attached hydrogen (secondary N) is 1. The Kier molecular flexibility index (Phi) is 3.60. The standard InChI is InChI=1S/C15H8Cl2N2O3/c16-12-3-1-8(5-13(12)17)15-11(7-20)10-6-9(19(21)22)2-4-14(10)18-15/h1-7,18H. The van der Waals surface area contributed by atoms with Gasteiger partial charge in [-0.25, -0.2) is 0 Å². The van der Waals surface area contributed by atoms with Crippen LogP contribution in [0.5, 0.6) is 0 Å². The van der Waals surface area contributed by atoms with Crippen LogP contribution in [0, 0.1) is 10.1 Å². The van der Waals surface area contributed by atoms with Crippen molar-refractivity contribution in [2.45, 2.75) is 0 Å². The lowest BCUT2D eigenvalue weighted by molar-refractivity contribution is -0.384. The number of nitro groups is 1. The first-order valence-electron chi connectivity index (χ1n) is 6.22. The highest BCUT2D eigenvalue weighted by Gasteiger charge is 2.16. The number of carbonyl (C=O) groups excluding carboxylic acids is 1. The number of carbonyl (C=O) groups is 1. The summed E-state index contributed by atoms with van der Waals surface area (Å²) < 4.78 is 0. The number of halogens is 2. The van der Waals surface area contributed by atoms with Crippen LogP contribution in [0.25, 0.3) is 22.2 Å². The second kappa shape index (κ2) is 5.44. The van der Waals surface area contributed by atoms with E-state index in [2.05, 4.69) is 4.98 Å². The summed E-state index contributed by atoms with van der Waals surface area (Å²) in [5, 5.41) is 12.1. The van der Waals surface area contributed by atoms with Crippen molar-refractivity contribution in [3.8, 4) is 11.3 Å². The van der Waals surface area contributed by atoms with Crippen LogP contribution in [0.1, 0.15) is 10.4 Å². The summed E-state index contributed by atoms with van der Waals surface area (Å²) in [6.45, 7) is 0. The molecular weight excluding hydrogens is 327 g/mol. The molecule has 0 aliphatic rings. The maximum absolute atomic E-state index is 11.5. The molecule has 1 heterocycles. The summed E-state index contributed by atoms with van der Waals surface area (Å²) in [5.41, 5.74) is 2.13. The number of aldehydes is 1. The summed E-state index contributed by atoms with van der Waals surface area (Å²) in [6.07, 6.45) is 0.667. The van der Waals surface area contributed by atoms with Gasteiger partial charge in [0.05, 0.1) is 20.7 Å². The lowest BCUT2D eigenvalue weighted by Crippen LogP contribution is -1.87. The highest BCUT2D eigenvalue weighted by atomic mass is 35.5. The SMILES string of the molecule is O=Cc1c(-c2ccc(Cl)c(Cl)c2)[nH]c2ccc([N+](=O)[O-])cc12. The van der Waals surface area contributed by atoms with Gasteiger partial charge in [0.2, 0.25) is 0 Å². The van der Waals surface area contributed by atoms with E-state index in [1.54, 1.807) is 24.3 Å². The number of benzene rings is 2. The molecule has 0 amide bonds. The van der Waals surface area contributed by atoms with Crippen molar-refractivity contribution in [2.75, 3.05) is 0 Å². The topological polar surface area (TPSA) is 76.0 Å². The zero-order valence-electron chi connectivity index (χ0n) is 11.0. The van der Waals surface area contributed by atoms with Gasteiger partial charge in [0.1, 0.15) is 0 Å². The number of non-ortho nitro benzene ring substituents is 1. The number of H-pyrrole nitrogens is 1. The third-order valence-corrected chi connectivity index (χ3v) is 4.10. The number of nitrogens with zero attached hydrogens (tertiary/aromatic N) is 1. The van der Waals surface area contributed by atoms with Crippen molar-refractivity contribution < 1.29 is 9.72 Å². The van der Waals surface area contributed by atoms with Crippen molar-refractivity contribution in [1.82, 2.24) is 4.98 Å². The first kappa shape index (κ1) is 14.6. The Hall–Kier alpha value is -2.37. The van der Waals surface area contributed by atoms with E-state index < -0.39 is 4.92 Å². The van der Waals surface area contributed by atoms with E-state index in [9.17, 15) is 14.9 Å². The molecule has 3 rings (SSSR count). The molecule has 22 heavy (non-hydrogen) atoms. The summed E-state index contributed by atoms with van der Waals surface area (Å²) in [7, 11) is 0. The Morgan fingerprint density at radius 2 is 1.86 bits per heavy atom. The molecule has 1 N–H and O–H groups in total. The monoisotopic (exact) mass is 334 g/mol. The van der Waals surface area contributed by atoms with Crippen LogP contribution in [0.15, 0.2) is 36.4 Å². The van der Waals surface area contributed by atoms with Crippen LogP contribution in [0.4, 0.5) is 5.69 Å². The van der Waals surface area contributed by atoms with Crippen LogP contribution in [0.2, 0.25) is 10.0 Å². The number of fused-ring (bicyclic) bond motifs is 1. The van der Waals surface area contributed by atoms with E-state index in [-0.39, 0.29) is 5.69 Å². The molecule has 7 heteroatoms. The van der Waals surface area contributed by atoms with Gasteiger partial charge in [-0.3, -0.25) is 14.9 Å². The van der Waals surface area contributed by atoms with E-state index in [4.69, 9.17) is 23.2 Å². The molecule has 0 radical (unpaired) electrons. The molecule has 0 atom stereocenters. The number of aromatic nitrogens is 1. The van der Waals surface area contributed by atoms with Crippen LogP contribution >= 0.6 is 23.2 Å². The van der Waals surface area contributed by atoms with E-state index in [0.717, 1.165) is 0 Å². The summed E-state index contributed by atoms with van der Waals surface area (Å²) in [5.74, 6) is 0. The molecular formula is C15H8Cl2N2O3. The second-order valence-electron chi connectivity index (χ2n) is 4.65. The molecule has 5 nitrogen and oxygen atoms in total. The fourth-order valence-corrected chi connectivity index (χ4v) is 2.61. The molecule has 0 saturated carbocycles. The Morgan fingerprint density at radius 1 is 1.09 bits per heavy atom. The average Bonchev–Trinajstić information content (AvgIpc) is 2.87. The quantitative estimate of drug-likeness (QED) is 0.422. The van der Waals surface area contributed by atoms with Gasteiger partial charge >= 0.3 is 0 Å². The lowest BCUT2D eigenvalue weighted by Gasteiger charge is -2.02. The van der Waals surface area contributed by atoms with Gasteiger partial charge in [0, 0.05) is 34.2 Å². The fourth-order valence-electron chi connectivity index (χ4n) is 2.32. The highest BCUT2D eigenvalue weighted by molar-refractivity contribution is 6.42. The number of hydrogen-bond acceptors (Lipinski definition) is 3. The van der Waals surface area contributed by atoms with Crippen LogP contribution in [-0.2, 0) is 0 Å². The molecule has 0 bridgehead atoms. The predicted octanol–water partition coefficient (Wildman–Crippen LogP) is 4.86. The molecule has 3 aromatic rings. The lowest BCUT2D eigenvalue weighted by atomic mass is 10.1. The van der Waals surface area contributed by atoms with Crippen LogP contribution in [-0.4, -0.2) is 16.2 Å². The van der Waals surface area contributed by atoms with Crippen molar-refractivity contribution >= 4 is 46.1 Å². The molecule has 0 aliphatic carbocycles. The molecule has 0 spiro atoms. The van der Waals surface area contributed by atoms with Gasteiger partial charge in [0.25, 0.3) is 5.69 Å². The Bertz CT molecular complexity index is 919. The summed E-state index contributed by atoms with van der Waals surface area (Å²) in [4.78, 5) is 24.9. The molecule has 110 valence electrons. The molecule has 1 aromatic heterocycles. The minimum atomic E-state index is -0.500. The third kappa shape index (κ3) is 2.34. The molecule has 0 saturated heterocycles. The smallest absolute Gasteiger partial charge is 0.270 e. The molecule has 0 unspecified atom stereocenters. The van der Waals surface area contributed by atoms with Crippen molar-refractivity contribution in [1.29, 1.82) is 0 Å². The van der Waals surface area contributed by atoms with Crippen LogP contribution < -0.4 is 0 Å². The van der Waals surface area contributed by atoms with Crippen LogP contribution in [0.3, 0.4) is 0 Å². The fraction of sp³-hybridized carbons (Fsp3) is 0. The number of hydrogen-bond donors (Lipinski definition) is 1. The minimum Gasteiger partial charge on any atom is -0.354 e. The van der Waals surface area contributed by atoms with E-state index in [0.29, 0.717) is 44.1 Å². The third-order valence-electron chi connectivity index (χ3n) is 3.36. The highest BCUT2D eigenvalue weighted by Crippen LogP contribution is 2.34. The van der Waals surface area contributed by atoms with Crippen molar-refractivity contribution in [2.24, 2.45) is 0 Å². The van der Waals surface area contributed by atoms with Gasteiger partial charge < -0.3 is 4.98 Å². The van der Waals surface area contributed by atoms with Gasteiger partial charge in [-0.05, 0) is 18.2 Å². The molecule has 0 fully saturated rings. The largest absolute Gasteiger partial charge is 0.354 e. The summed E-state index contributed by atoms with van der Waals surface area (Å²) in [6, 6.07) is 9.31. The normalized spacial score (nSPS) is 10.8. The Balaban J connectivity index is 2.27. The Morgan fingerprint density at radius 3 is 2.50 bits per heavy atom. The van der Waals surface area contributed by atoms with Gasteiger partial charge in [-0.1, -0.05) is 29.3 Å². The number of aromatic amines is 1.